The smallest absolute Gasteiger partial charge is 0.282 e. The number of hydrogen-bond donors (Lipinski definition) is 1. The van der Waals surface area contributed by atoms with Crippen LogP contribution in [0.2, 0.25) is 0 Å². The molecule has 0 radical (unpaired) electrons. The second-order valence-corrected chi connectivity index (χ2v) is 7.79. The molecule has 0 aliphatic rings. The molecular formula is C14H8I3N7. The van der Waals surface area contributed by atoms with E-state index in [1.807, 2.05) is 22.9 Å². The van der Waals surface area contributed by atoms with E-state index >= 15 is 0 Å². The van der Waals surface area contributed by atoms with E-state index in [9.17, 15) is 0 Å². The van der Waals surface area contributed by atoms with Crippen molar-refractivity contribution >= 4 is 99.8 Å². The summed E-state index contributed by atoms with van der Waals surface area (Å²) in [6, 6.07) is 14.8. The zero-order valence-corrected chi connectivity index (χ0v) is 18.3. The first-order chi connectivity index (χ1) is 11.6. The monoisotopic (exact) mass is 655 g/mol. The number of nitrogens with zero attached hydrogens (tertiary/aromatic N) is 6. The molecule has 2 heterocycles. The molecule has 4 rings (SSSR count). The number of para-hydroxylation sites is 1. The molecule has 1 N–H and O–H groups in total. The molecule has 0 aliphatic carbocycles. The number of tetrazole rings is 1. The maximum atomic E-state index is 4.51. The fraction of sp³-hybridized carbons (Fsp3) is 0. The van der Waals surface area contributed by atoms with Crippen LogP contribution in [0, 0.1) is 0 Å². The van der Waals surface area contributed by atoms with Crippen molar-refractivity contribution in [3.8, 4) is 0 Å². The van der Waals surface area contributed by atoms with Gasteiger partial charge < -0.3 is 0 Å². The molecule has 7 nitrogen and oxygen atoms in total. The molecule has 0 atom stereocenters. The van der Waals surface area contributed by atoms with Crippen molar-refractivity contribution < 1.29 is 0 Å². The van der Waals surface area contributed by atoms with Crippen molar-refractivity contribution in [2.45, 2.75) is 0 Å². The molecule has 0 bridgehead atoms. The van der Waals surface area contributed by atoms with Crippen LogP contribution in [0.1, 0.15) is 5.56 Å². The van der Waals surface area contributed by atoms with Crippen molar-refractivity contribution in [1.29, 1.82) is 0 Å². The Hall–Kier alpha value is -1.03. The SMILES string of the molecule is I/C(=N/N(I)c1nn[nH]n1)c1ccc2c(c1)c1ccccc1n2I. The quantitative estimate of drug-likeness (QED) is 0.153. The molecule has 0 fully saturated rings. The zero-order chi connectivity index (χ0) is 16.7. The van der Waals surface area contributed by atoms with E-state index in [0.29, 0.717) is 5.95 Å². The Morgan fingerprint density at radius 2 is 1.92 bits per heavy atom. The van der Waals surface area contributed by atoms with E-state index in [4.69, 9.17) is 0 Å². The second-order valence-electron chi connectivity index (χ2n) is 4.89. The molecule has 2 aromatic carbocycles. The van der Waals surface area contributed by atoms with Gasteiger partial charge in [0.15, 0.2) is 0 Å². The van der Waals surface area contributed by atoms with E-state index in [1.165, 1.54) is 21.8 Å². The number of rotatable bonds is 3. The van der Waals surface area contributed by atoms with Crippen molar-refractivity contribution in [3.05, 3.63) is 48.0 Å². The average molecular weight is 655 g/mol. The van der Waals surface area contributed by atoms with E-state index in [0.717, 1.165) is 9.28 Å². The summed E-state index contributed by atoms with van der Waals surface area (Å²) in [4.78, 5) is 0. The topological polar surface area (TPSA) is 75.0 Å². The lowest BCUT2D eigenvalue weighted by Crippen LogP contribution is -2.05. The molecule has 0 saturated heterocycles. The average Bonchev–Trinajstić information content (AvgIpc) is 3.23. The molecule has 0 unspecified atom stereocenters. The summed E-state index contributed by atoms with van der Waals surface area (Å²) >= 11 is 6.59. The van der Waals surface area contributed by atoms with Gasteiger partial charge in [0.1, 0.15) is 3.72 Å². The Morgan fingerprint density at radius 3 is 2.71 bits per heavy atom. The molecule has 0 aliphatic heterocycles. The molecule has 0 amide bonds. The zero-order valence-electron chi connectivity index (χ0n) is 11.9. The number of benzene rings is 2. The lowest BCUT2D eigenvalue weighted by Gasteiger charge is -2.06. The van der Waals surface area contributed by atoms with Crippen molar-refractivity contribution in [2.75, 3.05) is 3.22 Å². The van der Waals surface area contributed by atoms with Crippen LogP contribution in [-0.2, 0) is 0 Å². The summed E-state index contributed by atoms with van der Waals surface area (Å²) in [7, 11) is 0. The third-order valence-electron chi connectivity index (χ3n) is 3.53. The summed E-state index contributed by atoms with van der Waals surface area (Å²) in [5.41, 5.74) is 3.44. The van der Waals surface area contributed by atoms with Gasteiger partial charge in [0.2, 0.25) is 0 Å². The van der Waals surface area contributed by atoms with Gasteiger partial charge in [0.05, 0.1) is 56.8 Å². The van der Waals surface area contributed by atoms with Crippen LogP contribution in [0.3, 0.4) is 0 Å². The minimum atomic E-state index is 0.412. The number of hydrogen-bond acceptors (Lipinski definition) is 5. The highest BCUT2D eigenvalue weighted by Gasteiger charge is 2.12. The Morgan fingerprint density at radius 1 is 1.12 bits per heavy atom. The Balaban J connectivity index is 1.81. The molecular weight excluding hydrogens is 647 g/mol. The summed E-state index contributed by atoms with van der Waals surface area (Å²) in [5.74, 6) is 0.412. The highest BCUT2D eigenvalue weighted by Crippen LogP contribution is 2.32. The van der Waals surface area contributed by atoms with Crippen molar-refractivity contribution in [2.24, 2.45) is 5.10 Å². The van der Waals surface area contributed by atoms with Gasteiger partial charge in [-0.05, 0) is 46.0 Å². The predicted octanol–water partition coefficient (Wildman–Crippen LogP) is 4.46. The summed E-state index contributed by atoms with van der Waals surface area (Å²) < 4.78 is 4.59. The van der Waals surface area contributed by atoms with Gasteiger partial charge in [-0.1, -0.05) is 29.4 Å². The van der Waals surface area contributed by atoms with Crippen LogP contribution < -0.4 is 3.22 Å². The van der Waals surface area contributed by atoms with Gasteiger partial charge in [-0.3, -0.25) is 2.78 Å². The summed E-state index contributed by atoms with van der Waals surface area (Å²) in [5, 5.41) is 20.7. The van der Waals surface area contributed by atoms with Crippen LogP contribution in [0.5, 0.6) is 0 Å². The number of fused-ring (bicyclic) bond motifs is 3. The largest absolute Gasteiger partial charge is 0.295 e. The lowest BCUT2D eigenvalue weighted by atomic mass is 10.1. The van der Waals surface area contributed by atoms with Crippen LogP contribution in [0.15, 0.2) is 47.6 Å². The van der Waals surface area contributed by atoms with E-state index in [2.05, 4.69) is 116 Å². The maximum absolute atomic E-state index is 4.51. The van der Waals surface area contributed by atoms with Crippen LogP contribution in [-0.4, -0.2) is 27.1 Å². The number of anilines is 1. The van der Waals surface area contributed by atoms with Gasteiger partial charge in [0.25, 0.3) is 5.95 Å². The molecule has 0 saturated carbocycles. The third kappa shape index (κ3) is 2.87. The van der Waals surface area contributed by atoms with Gasteiger partial charge in [0, 0.05) is 16.3 Å². The maximum Gasteiger partial charge on any atom is 0.295 e. The number of aromatic amines is 1. The van der Waals surface area contributed by atoms with E-state index in [-0.39, 0.29) is 0 Å². The Kier molecular flexibility index (Phi) is 4.59. The summed E-state index contributed by atoms with van der Waals surface area (Å²) in [6.45, 7) is 0. The predicted molar refractivity (Wildman–Crippen MR) is 120 cm³/mol. The van der Waals surface area contributed by atoms with Crippen molar-refractivity contribution in [1.82, 2.24) is 23.4 Å². The molecule has 10 heteroatoms. The molecule has 120 valence electrons. The van der Waals surface area contributed by atoms with Gasteiger partial charge in [-0.25, -0.2) is 0 Å². The minimum Gasteiger partial charge on any atom is -0.282 e. The first kappa shape index (κ1) is 16.4. The number of H-pyrrole nitrogens is 1. The standard InChI is InChI=1S/C14H8I3N7/c15-13(20-24(17)14-18-21-22-19-14)8-5-6-12-10(7-8)9-3-1-2-4-11(9)23(12)16/h1-7H,(H,18,19,21,22)/b20-13+. The van der Waals surface area contributed by atoms with Crippen LogP contribution >= 0.6 is 68.3 Å². The Bertz CT molecular complexity index is 1060. The fourth-order valence-corrected chi connectivity index (χ4v) is 4.69. The van der Waals surface area contributed by atoms with Gasteiger partial charge in [-0.15, -0.1) is 5.10 Å². The number of aromatic nitrogens is 5. The van der Waals surface area contributed by atoms with Gasteiger partial charge in [-0.2, -0.15) is 13.5 Å². The highest BCUT2D eigenvalue weighted by molar-refractivity contribution is 14.1. The number of hydrazone groups is 1. The third-order valence-corrected chi connectivity index (χ3v) is 6.05. The second kappa shape index (κ2) is 6.70. The number of nitrogens with one attached hydrogen (secondary N) is 1. The lowest BCUT2D eigenvalue weighted by molar-refractivity contribution is 0.881. The Labute approximate surface area is 178 Å². The normalized spacial score (nSPS) is 12.2. The van der Waals surface area contributed by atoms with Crippen molar-refractivity contribution in [3.63, 3.8) is 0 Å². The minimum absolute atomic E-state index is 0.412. The molecule has 4 aromatic rings. The molecule has 0 spiro atoms. The van der Waals surface area contributed by atoms with E-state index < -0.39 is 0 Å². The first-order valence-electron chi connectivity index (χ1n) is 6.78. The van der Waals surface area contributed by atoms with E-state index in [1.54, 1.807) is 3.22 Å². The number of halogens is 3. The van der Waals surface area contributed by atoms with Crippen LogP contribution in [0.25, 0.3) is 21.8 Å². The molecule has 24 heavy (non-hydrogen) atoms. The van der Waals surface area contributed by atoms with Crippen LogP contribution in [0.4, 0.5) is 5.95 Å². The fourth-order valence-electron chi connectivity index (χ4n) is 2.47. The first-order valence-corrected chi connectivity index (χ1v) is 9.79. The summed E-state index contributed by atoms with van der Waals surface area (Å²) in [6.07, 6.45) is 0. The highest BCUT2D eigenvalue weighted by atomic mass is 127. The molecule has 2 aromatic heterocycles. The van der Waals surface area contributed by atoms with Gasteiger partial charge >= 0.3 is 0 Å².